The van der Waals surface area contributed by atoms with E-state index in [9.17, 15) is 14.7 Å². The molecule has 3 atom stereocenters. The Morgan fingerprint density at radius 2 is 1.07 bits per heavy atom. The molecule has 0 saturated carbocycles. The summed E-state index contributed by atoms with van der Waals surface area (Å²) in [5.41, 5.74) is 0. The van der Waals surface area contributed by atoms with E-state index in [1.54, 1.807) is 0 Å². The molecule has 1 aliphatic heterocycles. The summed E-state index contributed by atoms with van der Waals surface area (Å²) in [6.07, 6.45) is 39.3. The van der Waals surface area contributed by atoms with Gasteiger partial charge in [-0.3, -0.25) is 9.59 Å². The van der Waals surface area contributed by atoms with E-state index in [0.717, 1.165) is 44.9 Å². The van der Waals surface area contributed by atoms with Gasteiger partial charge in [0.05, 0.1) is 12.2 Å². The molecule has 6 heteroatoms. The SMILES string of the molecule is CCCCC/C=C\C/C=C\C/C=C\CC1OC1CCCC(=O)OC[C@@H](O)COC(=O)CCCCCCCCCCCCCCC. The average molecular weight is 633 g/mol. The quantitative estimate of drug-likeness (QED) is 0.0344. The highest BCUT2D eigenvalue weighted by Gasteiger charge is 2.36. The molecule has 1 N–H and O–H groups in total. The number of epoxide rings is 1. The van der Waals surface area contributed by atoms with E-state index in [1.165, 1.54) is 89.9 Å². The van der Waals surface area contributed by atoms with Crippen LogP contribution in [0.5, 0.6) is 0 Å². The van der Waals surface area contributed by atoms with Crippen LogP contribution in [0.25, 0.3) is 0 Å². The van der Waals surface area contributed by atoms with Crippen molar-refractivity contribution in [2.24, 2.45) is 0 Å². The Labute approximate surface area is 276 Å². The molecule has 0 bridgehead atoms. The molecule has 1 rings (SSSR count). The summed E-state index contributed by atoms with van der Waals surface area (Å²) >= 11 is 0. The standard InChI is InChI=1S/C39H68O6/c1-3-5-7-9-11-13-15-17-19-21-23-25-27-31-38(41)43-33-35(40)34-44-39(42)32-28-30-37-36(45-37)29-26-24-22-20-18-16-14-12-10-8-6-4-2/h12,14,18,20,24,26,35-37,40H,3-11,13,15-17,19,21-23,25,27-34H2,1-2H3/b14-12-,20-18-,26-24-/t35-,36?,37?/m0/s1. The topological polar surface area (TPSA) is 85.4 Å². The molecule has 0 aromatic heterocycles. The van der Waals surface area contributed by atoms with Gasteiger partial charge in [0.25, 0.3) is 0 Å². The Balaban J connectivity index is 1.89. The van der Waals surface area contributed by atoms with E-state index in [-0.39, 0.29) is 37.4 Å². The zero-order chi connectivity index (χ0) is 32.6. The number of carbonyl (C=O) groups is 2. The van der Waals surface area contributed by atoms with Gasteiger partial charge in [-0.15, -0.1) is 0 Å². The summed E-state index contributed by atoms with van der Waals surface area (Å²) < 4.78 is 16.0. The third kappa shape index (κ3) is 28.1. The van der Waals surface area contributed by atoms with Crippen molar-refractivity contribution >= 4 is 11.9 Å². The lowest BCUT2D eigenvalue weighted by Crippen LogP contribution is -2.25. The molecule has 1 fully saturated rings. The summed E-state index contributed by atoms with van der Waals surface area (Å²) in [7, 11) is 0. The smallest absolute Gasteiger partial charge is 0.305 e. The van der Waals surface area contributed by atoms with Gasteiger partial charge in [0.2, 0.25) is 0 Å². The first kappa shape index (κ1) is 41.1. The molecule has 0 radical (unpaired) electrons. The second-order valence-corrected chi connectivity index (χ2v) is 12.7. The fourth-order valence-electron chi connectivity index (χ4n) is 5.35. The summed E-state index contributed by atoms with van der Waals surface area (Å²) in [5.74, 6) is -0.637. The summed E-state index contributed by atoms with van der Waals surface area (Å²) in [6, 6.07) is 0. The lowest BCUT2D eigenvalue weighted by molar-refractivity contribution is -0.152. The van der Waals surface area contributed by atoms with Gasteiger partial charge in [-0.25, -0.2) is 0 Å². The molecule has 45 heavy (non-hydrogen) atoms. The van der Waals surface area contributed by atoms with Crippen LogP contribution in [0, 0.1) is 0 Å². The van der Waals surface area contributed by atoms with Crippen LogP contribution in [0.15, 0.2) is 36.5 Å². The number of unbranched alkanes of at least 4 members (excludes halogenated alkanes) is 15. The first-order valence-electron chi connectivity index (χ1n) is 18.7. The van der Waals surface area contributed by atoms with Gasteiger partial charge in [-0.2, -0.15) is 0 Å². The average Bonchev–Trinajstić information content (AvgIpc) is 3.79. The van der Waals surface area contributed by atoms with E-state index in [0.29, 0.717) is 19.3 Å². The monoisotopic (exact) mass is 633 g/mol. The third-order valence-corrected chi connectivity index (χ3v) is 8.30. The summed E-state index contributed by atoms with van der Waals surface area (Å²) in [6.45, 7) is 4.20. The van der Waals surface area contributed by atoms with Gasteiger partial charge in [0.15, 0.2) is 0 Å². The van der Waals surface area contributed by atoms with Crippen molar-refractivity contribution in [1.29, 1.82) is 0 Å². The molecule has 0 aromatic carbocycles. The highest BCUT2D eigenvalue weighted by Crippen LogP contribution is 2.30. The van der Waals surface area contributed by atoms with Crippen molar-refractivity contribution in [3.05, 3.63) is 36.5 Å². The van der Waals surface area contributed by atoms with E-state index in [4.69, 9.17) is 14.2 Å². The third-order valence-electron chi connectivity index (χ3n) is 8.30. The molecule has 0 amide bonds. The molecule has 6 nitrogen and oxygen atoms in total. The molecule has 1 aliphatic rings. The van der Waals surface area contributed by atoms with Crippen molar-refractivity contribution in [3.8, 4) is 0 Å². The molecule has 260 valence electrons. The Kier molecular flexibility index (Phi) is 28.1. The lowest BCUT2D eigenvalue weighted by atomic mass is 10.0. The van der Waals surface area contributed by atoms with Crippen LogP contribution in [0.4, 0.5) is 0 Å². The largest absolute Gasteiger partial charge is 0.463 e. The minimum atomic E-state index is -0.991. The first-order valence-corrected chi connectivity index (χ1v) is 18.7. The van der Waals surface area contributed by atoms with E-state index in [2.05, 4.69) is 50.3 Å². The highest BCUT2D eigenvalue weighted by atomic mass is 16.6. The van der Waals surface area contributed by atoms with E-state index >= 15 is 0 Å². The molecule has 0 aromatic rings. The van der Waals surface area contributed by atoms with Crippen LogP contribution in [0.2, 0.25) is 0 Å². The van der Waals surface area contributed by atoms with Gasteiger partial charge >= 0.3 is 11.9 Å². The molecular formula is C39H68O6. The van der Waals surface area contributed by atoms with Crippen molar-refractivity contribution in [2.45, 2.75) is 186 Å². The second kappa shape index (κ2) is 30.7. The number of rotatable bonds is 32. The molecule has 2 unspecified atom stereocenters. The van der Waals surface area contributed by atoms with Gasteiger partial charge in [0, 0.05) is 12.8 Å². The summed E-state index contributed by atoms with van der Waals surface area (Å²) in [5, 5.41) is 10.0. The van der Waals surface area contributed by atoms with Crippen molar-refractivity contribution in [3.63, 3.8) is 0 Å². The molecular weight excluding hydrogens is 564 g/mol. The van der Waals surface area contributed by atoms with E-state index in [1.807, 2.05) is 0 Å². The fraction of sp³-hybridized carbons (Fsp3) is 0.795. The van der Waals surface area contributed by atoms with Crippen molar-refractivity contribution in [1.82, 2.24) is 0 Å². The number of aliphatic hydroxyl groups is 1. The van der Waals surface area contributed by atoms with E-state index < -0.39 is 6.10 Å². The van der Waals surface area contributed by atoms with Crippen LogP contribution < -0.4 is 0 Å². The Morgan fingerprint density at radius 3 is 1.64 bits per heavy atom. The van der Waals surface area contributed by atoms with Crippen LogP contribution in [0.1, 0.15) is 168 Å². The number of ether oxygens (including phenoxy) is 3. The summed E-state index contributed by atoms with van der Waals surface area (Å²) in [4.78, 5) is 24.0. The van der Waals surface area contributed by atoms with Crippen molar-refractivity contribution in [2.75, 3.05) is 13.2 Å². The molecule has 1 heterocycles. The maximum atomic E-state index is 12.0. The molecule has 0 aliphatic carbocycles. The zero-order valence-corrected chi connectivity index (χ0v) is 29.1. The zero-order valence-electron chi connectivity index (χ0n) is 29.1. The predicted octanol–water partition coefficient (Wildman–Crippen LogP) is 10.3. The minimum absolute atomic E-state index is 0.137. The Hall–Kier alpha value is -1.92. The Morgan fingerprint density at radius 1 is 0.600 bits per heavy atom. The first-order chi connectivity index (χ1) is 22.1. The number of esters is 2. The van der Waals surface area contributed by atoms with Crippen LogP contribution >= 0.6 is 0 Å². The number of hydrogen-bond donors (Lipinski definition) is 1. The maximum absolute atomic E-state index is 12.0. The lowest BCUT2D eigenvalue weighted by Gasteiger charge is -2.12. The number of carbonyl (C=O) groups excluding carboxylic acids is 2. The van der Waals surface area contributed by atoms with Crippen LogP contribution in [0.3, 0.4) is 0 Å². The van der Waals surface area contributed by atoms with Crippen LogP contribution in [-0.4, -0.2) is 48.6 Å². The predicted molar refractivity (Wildman–Crippen MR) is 186 cm³/mol. The number of hydrogen-bond acceptors (Lipinski definition) is 6. The number of aliphatic hydroxyl groups excluding tert-OH is 1. The molecule has 1 saturated heterocycles. The van der Waals surface area contributed by atoms with Gasteiger partial charge in [-0.05, 0) is 51.4 Å². The minimum Gasteiger partial charge on any atom is -0.463 e. The van der Waals surface area contributed by atoms with Crippen LogP contribution in [-0.2, 0) is 23.8 Å². The van der Waals surface area contributed by atoms with Gasteiger partial charge in [0.1, 0.15) is 19.3 Å². The Bertz CT molecular complexity index is 788. The molecule has 0 spiro atoms. The highest BCUT2D eigenvalue weighted by molar-refractivity contribution is 5.69. The maximum Gasteiger partial charge on any atom is 0.305 e. The normalized spacial score (nSPS) is 17.0. The van der Waals surface area contributed by atoms with Crippen molar-refractivity contribution < 1.29 is 28.9 Å². The van der Waals surface area contributed by atoms with Gasteiger partial charge in [-0.1, -0.05) is 140 Å². The number of allylic oxidation sites excluding steroid dienone is 5. The van der Waals surface area contributed by atoms with Gasteiger partial charge < -0.3 is 19.3 Å². The second-order valence-electron chi connectivity index (χ2n) is 12.7. The fourth-order valence-corrected chi connectivity index (χ4v) is 5.35.